The van der Waals surface area contributed by atoms with E-state index >= 15 is 0 Å². The van der Waals surface area contributed by atoms with E-state index in [2.05, 4.69) is 32.0 Å². The zero-order valence-electron chi connectivity index (χ0n) is 10.1. The Morgan fingerprint density at radius 2 is 2.06 bits per heavy atom. The lowest BCUT2D eigenvalue weighted by Crippen LogP contribution is -1.87. The van der Waals surface area contributed by atoms with Gasteiger partial charge in [0.2, 0.25) is 0 Å². The summed E-state index contributed by atoms with van der Waals surface area (Å²) in [5.74, 6) is 0. The van der Waals surface area contributed by atoms with Crippen molar-refractivity contribution in [2.45, 2.75) is 46.0 Å². The number of nitrogens with zero attached hydrogens (tertiary/aromatic N) is 1. The first-order chi connectivity index (χ1) is 7.85. The van der Waals surface area contributed by atoms with Crippen LogP contribution in [-0.4, -0.2) is 4.98 Å². The molecular formula is C14H19NS. The van der Waals surface area contributed by atoms with Gasteiger partial charge in [-0.25, -0.2) is 4.98 Å². The molecule has 0 radical (unpaired) electrons. The van der Waals surface area contributed by atoms with Crippen molar-refractivity contribution >= 4 is 21.6 Å². The van der Waals surface area contributed by atoms with Crippen LogP contribution in [0.1, 0.15) is 43.7 Å². The maximum atomic E-state index is 4.73. The van der Waals surface area contributed by atoms with E-state index in [0.29, 0.717) is 0 Å². The van der Waals surface area contributed by atoms with Gasteiger partial charge in [0.05, 0.1) is 15.2 Å². The lowest BCUT2D eigenvalue weighted by Gasteiger charge is -2.01. The predicted molar refractivity (Wildman–Crippen MR) is 72.2 cm³/mol. The Morgan fingerprint density at radius 3 is 2.81 bits per heavy atom. The third-order valence-electron chi connectivity index (χ3n) is 2.90. The van der Waals surface area contributed by atoms with E-state index in [-0.39, 0.29) is 0 Å². The molecular weight excluding hydrogens is 214 g/mol. The number of aromatic nitrogens is 1. The van der Waals surface area contributed by atoms with Crippen LogP contribution in [0.25, 0.3) is 10.2 Å². The fraction of sp³-hybridized carbons (Fsp3) is 0.500. The molecule has 86 valence electrons. The molecule has 0 unspecified atom stereocenters. The lowest BCUT2D eigenvalue weighted by atomic mass is 10.1. The SMILES string of the molecule is CCCCCc1cccc2sc(CC)nc12. The van der Waals surface area contributed by atoms with Crippen molar-refractivity contribution in [1.82, 2.24) is 4.98 Å². The maximum absolute atomic E-state index is 4.73. The van der Waals surface area contributed by atoms with Crippen LogP contribution in [0, 0.1) is 0 Å². The quantitative estimate of drug-likeness (QED) is 0.688. The van der Waals surface area contributed by atoms with Gasteiger partial charge in [-0.15, -0.1) is 11.3 Å². The van der Waals surface area contributed by atoms with Crippen molar-refractivity contribution in [3.63, 3.8) is 0 Å². The summed E-state index contributed by atoms with van der Waals surface area (Å²) < 4.78 is 1.35. The molecule has 2 aromatic rings. The van der Waals surface area contributed by atoms with Crippen molar-refractivity contribution < 1.29 is 0 Å². The van der Waals surface area contributed by atoms with Gasteiger partial charge in [-0.2, -0.15) is 0 Å². The van der Waals surface area contributed by atoms with Crippen molar-refractivity contribution in [3.8, 4) is 0 Å². The summed E-state index contributed by atoms with van der Waals surface area (Å²) in [5.41, 5.74) is 2.68. The van der Waals surface area contributed by atoms with Crippen LogP contribution in [0.15, 0.2) is 18.2 Å². The van der Waals surface area contributed by atoms with Gasteiger partial charge < -0.3 is 0 Å². The molecule has 2 heteroatoms. The molecule has 0 N–H and O–H groups in total. The Bertz CT molecular complexity index is 459. The summed E-state index contributed by atoms with van der Waals surface area (Å²) in [5, 5.41) is 1.26. The second-order valence-corrected chi connectivity index (χ2v) is 5.30. The van der Waals surface area contributed by atoms with E-state index < -0.39 is 0 Å². The zero-order chi connectivity index (χ0) is 11.4. The Morgan fingerprint density at radius 1 is 1.19 bits per heavy atom. The monoisotopic (exact) mass is 233 g/mol. The number of aryl methyl sites for hydroxylation is 2. The first-order valence-electron chi connectivity index (χ1n) is 6.22. The van der Waals surface area contributed by atoms with E-state index in [1.807, 2.05) is 11.3 Å². The van der Waals surface area contributed by atoms with E-state index in [1.54, 1.807) is 0 Å². The molecule has 0 bridgehead atoms. The molecule has 16 heavy (non-hydrogen) atoms. The molecule has 1 heterocycles. The summed E-state index contributed by atoms with van der Waals surface area (Å²) in [4.78, 5) is 4.73. The third-order valence-corrected chi connectivity index (χ3v) is 4.06. The van der Waals surface area contributed by atoms with Gasteiger partial charge in [0.15, 0.2) is 0 Å². The highest BCUT2D eigenvalue weighted by Gasteiger charge is 2.06. The number of thiazole rings is 1. The minimum Gasteiger partial charge on any atom is -0.241 e. The second kappa shape index (κ2) is 5.44. The minimum atomic E-state index is 1.05. The molecule has 0 aliphatic heterocycles. The topological polar surface area (TPSA) is 12.9 Å². The van der Waals surface area contributed by atoms with Gasteiger partial charge in [0, 0.05) is 0 Å². The van der Waals surface area contributed by atoms with E-state index in [4.69, 9.17) is 4.98 Å². The zero-order valence-corrected chi connectivity index (χ0v) is 10.9. The van der Waals surface area contributed by atoms with Crippen LogP contribution >= 0.6 is 11.3 Å². The number of rotatable bonds is 5. The van der Waals surface area contributed by atoms with Gasteiger partial charge in [0.1, 0.15) is 0 Å². The normalized spacial score (nSPS) is 11.1. The highest BCUT2D eigenvalue weighted by molar-refractivity contribution is 7.18. The number of para-hydroxylation sites is 1. The van der Waals surface area contributed by atoms with Crippen molar-refractivity contribution in [2.75, 3.05) is 0 Å². The molecule has 0 saturated heterocycles. The van der Waals surface area contributed by atoms with Gasteiger partial charge in [-0.3, -0.25) is 0 Å². The molecule has 0 atom stereocenters. The summed E-state index contributed by atoms with van der Waals surface area (Å²) >= 11 is 1.84. The fourth-order valence-corrected chi connectivity index (χ4v) is 2.93. The first-order valence-corrected chi connectivity index (χ1v) is 7.04. The molecule has 1 nitrogen and oxygen atoms in total. The van der Waals surface area contributed by atoms with Crippen LogP contribution in [0.2, 0.25) is 0 Å². The molecule has 0 aliphatic rings. The predicted octanol–water partition coefficient (Wildman–Crippen LogP) is 4.59. The van der Waals surface area contributed by atoms with Crippen molar-refractivity contribution in [2.24, 2.45) is 0 Å². The third kappa shape index (κ3) is 2.43. The Kier molecular flexibility index (Phi) is 3.94. The molecule has 0 amide bonds. The van der Waals surface area contributed by atoms with E-state index in [9.17, 15) is 0 Å². The lowest BCUT2D eigenvalue weighted by molar-refractivity contribution is 0.719. The average molecular weight is 233 g/mol. The van der Waals surface area contributed by atoms with Crippen LogP contribution in [-0.2, 0) is 12.8 Å². The Balaban J connectivity index is 2.26. The highest BCUT2D eigenvalue weighted by Crippen LogP contribution is 2.26. The number of hydrogen-bond acceptors (Lipinski definition) is 2. The number of unbranched alkanes of at least 4 members (excludes halogenated alkanes) is 2. The van der Waals surface area contributed by atoms with Gasteiger partial charge in [-0.1, -0.05) is 38.8 Å². The summed E-state index contributed by atoms with van der Waals surface area (Å²) in [6.45, 7) is 4.42. The van der Waals surface area contributed by atoms with E-state index in [0.717, 1.165) is 6.42 Å². The van der Waals surface area contributed by atoms with Gasteiger partial charge >= 0.3 is 0 Å². The number of fused-ring (bicyclic) bond motifs is 1. The fourth-order valence-electron chi connectivity index (χ4n) is 1.97. The van der Waals surface area contributed by atoms with Gasteiger partial charge in [-0.05, 0) is 30.9 Å². The highest BCUT2D eigenvalue weighted by atomic mass is 32.1. The summed E-state index contributed by atoms with van der Waals surface area (Å²) in [7, 11) is 0. The van der Waals surface area contributed by atoms with Gasteiger partial charge in [0.25, 0.3) is 0 Å². The average Bonchev–Trinajstić information content (AvgIpc) is 2.73. The van der Waals surface area contributed by atoms with Crippen LogP contribution in [0.5, 0.6) is 0 Å². The molecule has 1 aromatic heterocycles. The second-order valence-electron chi connectivity index (χ2n) is 4.18. The minimum absolute atomic E-state index is 1.05. The molecule has 2 rings (SSSR count). The molecule has 0 saturated carbocycles. The first kappa shape index (κ1) is 11.6. The number of hydrogen-bond donors (Lipinski definition) is 0. The standard InChI is InChI=1S/C14H19NS/c1-3-5-6-8-11-9-7-10-12-14(11)15-13(4-2)16-12/h7,9-10H,3-6,8H2,1-2H3. The molecule has 0 fully saturated rings. The largest absolute Gasteiger partial charge is 0.241 e. The molecule has 0 aliphatic carbocycles. The summed E-state index contributed by atoms with van der Waals surface area (Å²) in [6.07, 6.45) is 6.12. The Hall–Kier alpha value is -0.890. The Labute approximate surface area is 102 Å². The van der Waals surface area contributed by atoms with Crippen molar-refractivity contribution in [3.05, 3.63) is 28.8 Å². The molecule has 1 aromatic carbocycles. The summed E-state index contributed by atoms with van der Waals surface area (Å²) in [6, 6.07) is 6.59. The van der Waals surface area contributed by atoms with Crippen molar-refractivity contribution in [1.29, 1.82) is 0 Å². The van der Waals surface area contributed by atoms with Crippen LogP contribution in [0.4, 0.5) is 0 Å². The maximum Gasteiger partial charge on any atom is 0.0935 e. The molecule has 0 spiro atoms. The van der Waals surface area contributed by atoms with Crippen LogP contribution < -0.4 is 0 Å². The van der Waals surface area contributed by atoms with Crippen LogP contribution in [0.3, 0.4) is 0 Å². The van der Waals surface area contributed by atoms with E-state index in [1.165, 1.54) is 46.5 Å². The smallest absolute Gasteiger partial charge is 0.0935 e. The number of benzene rings is 1.